The van der Waals surface area contributed by atoms with Crippen LogP contribution in [0.3, 0.4) is 0 Å². The Balaban J connectivity index is 0.000000921. The molecular weight excluding hydrogens is 321 g/mol. The van der Waals surface area contributed by atoms with Gasteiger partial charge in [-0.3, -0.25) is 0 Å². The quantitative estimate of drug-likeness (QED) is 0.631. The molecule has 1 aromatic rings. The lowest BCUT2D eigenvalue weighted by Gasteiger charge is -2.07. The first-order valence-corrected chi connectivity index (χ1v) is 8.01. The van der Waals surface area contributed by atoms with Crippen molar-refractivity contribution in [1.82, 2.24) is 0 Å². The molecule has 1 rings (SSSR count). The van der Waals surface area contributed by atoms with E-state index in [1.807, 2.05) is 32.0 Å². The summed E-state index contributed by atoms with van der Waals surface area (Å²) >= 11 is 2.18. The number of nitrogens with one attached hydrogen (secondary N) is 1. The van der Waals surface area contributed by atoms with E-state index in [1.54, 1.807) is 13.2 Å². The third-order valence-electron chi connectivity index (χ3n) is 1.63. The second-order valence-electron chi connectivity index (χ2n) is 2.34. The second-order valence-corrected chi connectivity index (χ2v) is 4.02. The van der Waals surface area contributed by atoms with Crippen LogP contribution in [0.4, 0.5) is 5.69 Å². The third-order valence-corrected chi connectivity index (χ3v) is 2.58. The van der Waals surface area contributed by atoms with E-state index in [-0.39, 0.29) is 0 Å². The average Bonchev–Trinajstić information content (AvgIpc) is 2.32. The largest absolute Gasteiger partial charge is 0.497 e. The van der Waals surface area contributed by atoms with Gasteiger partial charge in [-0.05, 0) is 18.2 Å². The van der Waals surface area contributed by atoms with Gasteiger partial charge in [-0.25, -0.2) is 0 Å². The van der Waals surface area contributed by atoms with Gasteiger partial charge in [-0.1, -0.05) is 26.5 Å². The predicted molar refractivity (Wildman–Crippen MR) is 79.7 cm³/mol. The molecule has 0 unspecified atom stereocenters. The summed E-state index contributed by atoms with van der Waals surface area (Å²) in [5, 5.41) is 0. The molecule has 0 radical (unpaired) electrons. The van der Waals surface area contributed by atoms with Crippen molar-refractivity contribution in [2.45, 2.75) is 13.8 Å². The highest BCUT2D eigenvalue weighted by Crippen LogP contribution is 2.26. The topological polar surface area (TPSA) is 21.3 Å². The molecule has 1 aromatic carbocycles. The van der Waals surface area contributed by atoms with Gasteiger partial charge in [0.25, 0.3) is 0 Å². The zero-order valence-electron chi connectivity index (χ0n) is 9.21. The van der Waals surface area contributed by atoms with E-state index in [2.05, 4.69) is 32.5 Å². The van der Waals surface area contributed by atoms with Crippen molar-refractivity contribution < 1.29 is 4.74 Å². The molecule has 4 heteroatoms. The SMILES string of the molecule is C=Cc1cc(OC)ccc1NSI.CC. The van der Waals surface area contributed by atoms with Crippen molar-refractivity contribution in [2.24, 2.45) is 0 Å². The van der Waals surface area contributed by atoms with Crippen LogP contribution < -0.4 is 9.46 Å². The molecule has 1 N–H and O–H groups in total. The van der Waals surface area contributed by atoms with Crippen LogP contribution in [0.1, 0.15) is 19.4 Å². The highest BCUT2D eigenvalue weighted by Gasteiger charge is 1.99. The number of halogens is 1. The van der Waals surface area contributed by atoms with Crippen molar-refractivity contribution in [1.29, 1.82) is 0 Å². The predicted octanol–water partition coefficient (Wildman–Crippen LogP) is 4.77. The van der Waals surface area contributed by atoms with Crippen molar-refractivity contribution in [3.63, 3.8) is 0 Å². The highest BCUT2D eigenvalue weighted by atomic mass is 127. The molecule has 0 atom stereocenters. The lowest BCUT2D eigenvalue weighted by atomic mass is 10.2. The molecule has 2 nitrogen and oxygen atoms in total. The summed E-state index contributed by atoms with van der Waals surface area (Å²) < 4.78 is 8.26. The van der Waals surface area contributed by atoms with Crippen LogP contribution in [0, 0.1) is 0 Å². The molecule has 0 aliphatic carbocycles. The van der Waals surface area contributed by atoms with E-state index in [9.17, 15) is 0 Å². The highest BCUT2D eigenvalue weighted by molar-refractivity contribution is 14.2. The van der Waals surface area contributed by atoms with Crippen molar-refractivity contribution in [2.75, 3.05) is 11.8 Å². The minimum absolute atomic E-state index is 0.846. The van der Waals surface area contributed by atoms with Crippen LogP contribution in [-0.2, 0) is 0 Å². The first kappa shape index (κ1) is 14.6. The Morgan fingerprint density at radius 3 is 2.60 bits per heavy atom. The zero-order valence-corrected chi connectivity index (χ0v) is 12.2. The van der Waals surface area contributed by atoms with Gasteiger partial charge in [0.1, 0.15) is 5.75 Å². The molecule has 15 heavy (non-hydrogen) atoms. The molecule has 0 aliphatic rings. The van der Waals surface area contributed by atoms with E-state index >= 15 is 0 Å². The van der Waals surface area contributed by atoms with E-state index in [0.29, 0.717) is 0 Å². The average molecular weight is 337 g/mol. The minimum atomic E-state index is 0.846. The van der Waals surface area contributed by atoms with Crippen LogP contribution >= 0.6 is 30.3 Å². The first-order chi connectivity index (χ1) is 7.31. The van der Waals surface area contributed by atoms with Gasteiger partial charge >= 0.3 is 0 Å². The van der Waals surface area contributed by atoms with Crippen LogP contribution in [-0.4, -0.2) is 7.11 Å². The second kappa shape index (κ2) is 8.91. The van der Waals surface area contributed by atoms with Crippen molar-refractivity contribution in [3.05, 3.63) is 30.3 Å². The number of hydrogen-bond donors (Lipinski definition) is 1. The molecule has 0 aliphatic heterocycles. The Morgan fingerprint density at radius 1 is 1.47 bits per heavy atom. The minimum Gasteiger partial charge on any atom is -0.497 e. The summed E-state index contributed by atoms with van der Waals surface area (Å²) in [7, 11) is 3.18. The zero-order chi connectivity index (χ0) is 11.7. The number of hydrogen-bond acceptors (Lipinski definition) is 3. The Morgan fingerprint density at radius 2 is 2.13 bits per heavy atom. The standard InChI is InChI=1S/C9H10INOS.C2H6/c1-3-7-6-8(12-2)4-5-9(7)11-13-10;1-2/h3-6,11H,1H2,2H3;1-2H3. The van der Waals surface area contributed by atoms with Gasteiger partial charge in [0.15, 0.2) is 0 Å². The molecule has 0 amide bonds. The fourth-order valence-electron chi connectivity index (χ4n) is 0.971. The lowest BCUT2D eigenvalue weighted by molar-refractivity contribution is 0.415. The summed E-state index contributed by atoms with van der Waals surface area (Å²) in [4.78, 5) is 0. The van der Waals surface area contributed by atoms with Gasteiger partial charge in [0.2, 0.25) is 0 Å². The number of benzene rings is 1. The first-order valence-electron chi connectivity index (χ1n) is 4.66. The van der Waals surface area contributed by atoms with Gasteiger partial charge in [-0.15, -0.1) is 0 Å². The molecule has 84 valence electrons. The van der Waals surface area contributed by atoms with E-state index in [1.165, 1.54) is 9.12 Å². The Bertz CT molecular complexity index is 305. The van der Waals surface area contributed by atoms with Crippen molar-refractivity contribution >= 4 is 42.1 Å². The van der Waals surface area contributed by atoms with Gasteiger partial charge in [-0.2, -0.15) is 0 Å². The van der Waals surface area contributed by atoms with Crippen LogP contribution in [0.15, 0.2) is 24.8 Å². The maximum absolute atomic E-state index is 5.11. The molecule has 0 saturated carbocycles. The maximum Gasteiger partial charge on any atom is 0.119 e. The van der Waals surface area contributed by atoms with Gasteiger partial charge in [0.05, 0.1) is 12.8 Å². The lowest BCUT2D eigenvalue weighted by Crippen LogP contribution is -1.89. The Labute approximate surface area is 108 Å². The van der Waals surface area contributed by atoms with Crippen LogP contribution in [0.5, 0.6) is 5.75 Å². The number of methoxy groups -OCH3 is 1. The van der Waals surface area contributed by atoms with Crippen molar-refractivity contribution in [3.8, 4) is 5.75 Å². The van der Waals surface area contributed by atoms with Gasteiger partial charge < -0.3 is 9.46 Å². The monoisotopic (exact) mass is 337 g/mol. The normalized spacial score (nSPS) is 8.53. The van der Waals surface area contributed by atoms with E-state index < -0.39 is 0 Å². The van der Waals surface area contributed by atoms with E-state index in [4.69, 9.17) is 4.74 Å². The summed E-state index contributed by atoms with van der Waals surface area (Å²) in [5.74, 6) is 0.846. The van der Waals surface area contributed by atoms with Crippen LogP contribution in [0.25, 0.3) is 6.08 Å². The molecule has 0 aromatic heterocycles. The molecule has 0 fully saturated rings. The third kappa shape index (κ3) is 4.79. The molecule has 0 bridgehead atoms. The van der Waals surface area contributed by atoms with E-state index in [0.717, 1.165) is 17.0 Å². The Kier molecular flexibility index (Phi) is 8.70. The molecular formula is C11H16INOS. The van der Waals surface area contributed by atoms with Crippen LogP contribution in [0.2, 0.25) is 0 Å². The summed E-state index contributed by atoms with van der Waals surface area (Å²) in [5.41, 5.74) is 2.10. The fraction of sp³-hybridized carbons (Fsp3) is 0.273. The summed E-state index contributed by atoms with van der Waals surface area (Å²) in [6.07, 6.45) is 1.80. The number of ether oxygens (including phenoxy) is 1. The fourth-order valence-corrected chi connectivity index (χ4v) is 1.95. The number of rotatable bonds is 4. The summed E-state index contributed by atoms with van der Waals surface area (Å²) in [6, 6.07) is 5.84. The summed E-state index contributed by atoms with van der Waals surface area (Å²) in [6.45, 7) is 7.74. The molecule has 0 saturated heterocycles. The maximum atomic E-state index is 5.11. The van der Waals surface area contributed by atoms with Gasteiger partial charge in [0, 0.05) is 35.9 Å². The Hall–Kier alpha value is -0.360. The number of anilines is 1. The molecule has 0 heterocycles. The smallest absolute Gasteiger partial charge is 0.119 e. The molecule has 0 spiro atoms.